The largest absolute Gasteiger partial charge is 0.469 e. The molecule has 2 unspecified atom stereocenters. The standard InChI is InChI=1S/C17H21N3O3S.ClH/c1-10(11(2)18)16(22)20-17-19-15(12-7-5-4-6-8-12)13(24-17)9-14(21)23-3;/h4-8,10-11H,9,18H2,1-3H3,(H,19,20,22);1H. The molecule has 0 spiro atoms. The van der Waals surface area contributed by atoms with Gasteiger partial charge >= 0.3 is 5.97 Å². The molecular weight excluding hydrogens is 362 g/mol. The molecule has 136 valence electrons. The molecule has 0 fully saturated rings. The number of methoxy groups -OCH3 is 1. The molecule has 1 aromatic heterocycles. The van der Waals surface area contributed by atoms with Gasteiger partial charge in [-0.05, 0) is 6.92 Å². The highest BCUT2D eigenvalue weighted by atomic mass is 35.5. The third kappa shape index (κ3) is 5.52. The van der Waals surface area contributed by atoms with Crippen molar-refractivity contribution in [3.63, 3.8) is 0 Å². The minimum Gasteiger partial charge on any atom is -0.469 e. The average molecular weight is 384 g/mol. The van der Waals surface area contributed by atoms with Crippen LogP contribution in [0.15, 0.2) is 30.3 Å². The van der Waals surface area contributed by atoms with Crippen molar-refractivity contribution in [1.29, 1.82) is 0 Å². The maximum Gasteiger partial charge on any atom is 0.310 e. The molecule has 1 amide bonds. The van der Waals surface area contributed by atoms with E-state index in [1.54, 1.807) is 13.8 Å². The van der Waals surface area contributed by atoms with Crippen molar-refractivity contribution in [2.24, 2.45) is 11.7 Å². The fraction of sp³-hybridized carbons (Fsp3) is 0.353. The molecule has 2 rings (SSSR count). The van der Waals surface area contributed by atoms with Crippen LogP contribution in [0.5, 0.6) is 0 Å². The van der Waals surface area contributed by atoms with Crippen LogP contribution in [0.4, 0.5) is 5.13 Å². The average Bonchev–Trinajstić information content (AvgIpc) is 2.96. The number of aromatic nitrogens is 1. The number of benzene rings is 1. The summed E-state index contributed by atoms with van der Waals surface area (Å²) < 4.78 is 4.74. The molecule has 1 aromatic carbocycles. The zero-order chi connectivity index (χ0) is 17.7. The normalized spacial score (nSPS) is 12.6. The first kappa shape index (κ1) is 21.1. The second-order valence-corrected chi connectivity index (χ2v) is 6.63. The molecule has 2 atom stereocenters. The Balaban J connectivity index is 0.00000312. The minimum atomic E-state index is -0.349. The van der Waals surface area contributed by atoms with E-state index in [2.05, 4.69) is 10.3 Å². The van der Waals surface area contributed by atoms with Crippen LogP contribution in [-0.4, -0.2) is 30.0 Å². The monoisotopic (exact) mass is 383 g/mol. The second-order valence-electron chi connectivity index (χ2n) is 5.55. The molecule has 6 nitrogen and oxygen atoms in total. The summed E-state index contributed by atoms with van der Waals surface area (Å²) >= 11 is 1.27. The lowest BCUT2D eigenvalue weighted by molar-refractivity contribution is -0.139. The summed E-state index contributed by atoms with van der Waals surface area (Å²) in [4.78, 5) is 29.1. The van der Waals surface area contributed by atoms with Crippen LogP contribution in [0.25, 0.3) is 11.3 Å². The van der Waals surface area contributed by atoms with Crippen LogP contribution in [0.3, 0.4) is 0 Å². The van der Waals surface area contributed by atoms with Gasteiger partial charge in [-0.3, -0.25) is 9.59 Å². The highest BCUT2D eigenvalue weighted by Gasteiger charge is 2.21. The first-order chi connectivity index (χ1) is 11.4. The van der Waals surface area contributed by atoms with E-state index < -0.39 is 0 Å². The van der Waals surface area contributed by atoms with E-state index in [4.69, 9.17) is 10.5 Å². The van der Waals surface area contributed by atoms with E-state index >= 15 is 0 Å². The summed E-state index contributed by atoms with van der Waals surface area (Å²) in [6.07, 6.45) is 0.108. The number of nitrogens with zero attached hydrogens (tertiary/aromatic N) is 1. The lowest BCUT2D eigenvalue weighted by Crippen LogP contribution is -2.34. The van der Waals surface area contributed by atoms with Gasteiger partial charge in [0.1, 0.15) is 0 Å². The van der Waals surface area contributed by atoms with E-state index in [-0.39, 0.29) is 42.7 Å². The quantitative estimate of drug-likeness (QED) is 0.748. The number of carbonyl (C=O) groups is 2. The van der Waals surface area contributed by atoms with Crippen LogP contribution < -0.4 is 11.1 Å². The Labute approximate surface area is 157 Å². The van der Waals surface area contributed by atoms with Gasteiger partial charge < -0.3 is 15.8 Å². The Morgan fingerprint density at radius 3 is 2.48 bits per heavy atom. The Kier molecular flexibility index (Phi) is 8.02. The first-order valence-corrected chi connectivity index (χ1v) is 8.42. The molecular formula is C17H22ClN3O3S. The van der Waals surface area contributed by atoms with E-state index in [0.29, 0.717) is 10.8 Å². The number of thiazole rings is 1. The fourth-order valence-electron chi connectivity index (χ4n) is 2.01. The van der Waals surface area contributed by atoms with Gasteiger partial charge in [0.25, 0.3) is 0 Å². The Morgan fingerprint density at radius 1 is 1.28 bits per heavy atom. The van der Waals surface area contributed by atoms with Crippen LogP contribution in [-0.2, 0) is 20.7 Å². The summed E-state index contributed by atoms with van der Waals surface area (Å²) in [5.74, 6) is -0.876. The van der Waals surface area contributed by atoms with E-state index in [1.165, 1.54) is 18.4 Å². The van der Waals surface area contributed by atoms with Crippen LogP contribution in [0, 0.1) is 5.92 Å². The molecule has 0 radical (unpaired) electrons. The topological polar surface area (TPSA) is 94.3 Å². The van der Waals surface area contributed by atoms with Gasteiger partial charge in [0.2, 0.25) is 5.91 Å². The van der Waals surface area contributed by atoms with E-state index in [0.717, 1.165) is 10.4 Å². The lowest BCUT2D eigenvalue weighted by Gasteiger charge is -2.13. The fourth-order valence-corrected chi connectivity index (χ4v) is 2.98. The highest BCUT2D eigenvalue weighted by molar-refractivity contribution is 7.16. The summed E-state index contributed by atoms with van der Waals surface area (Å²) in [7, 11) is 1.35. The Morgan fingerprint density at radius 2 is 1.92 bits per heavy atom. The second kappa shape index (κ2) is 9.50. The number of amides is 1. The third-order valence-electron chi connectivity index (χ3n) is 3.71. The van der Waals surface area contributed by atoms with Crippen molar-refractivity contribution in [3.8, 4) is 11.3 Å². The van der Waals surface area contributed by atoms with Crippen molar-refractivity contribution < 1.29 is 14.3 Å². The van der Waals surface area contributed by atoms with Crippen molar-refractivity contribution in [2.45, 2.75) is 26.3 Å². The zero-order valence-corrected chi connectivity index (χ0v) is 15.9. The van der Waals surface area contributed by atoms with E-state index in [1.807, 2.05) is 30.3 Å². The summed E-state index contributed by atoms with van der Waals surface area (Å²) in [6, 6.07) is 9.26. The number of carbonyl (C=O) groups excluding carboxylic acids is 2. The smallest absolute Gasteiger partial charge is 0.310 e. The number of nitrogens with one attached hydrogen (secondary N) is 1. The van der Waals surface area contributed by atoms with Crippen molar-refractivity contribution in [2.75, 3.05) is 12.4 Å². The molecule has 3 N–H and O–H groups in total. The minimum absolute atomic E-state index is 0. The predicted octanol–water partition coefficient (Wildman–Crippen LogP) is 2.87. The Hall–Kier alpha value is -1.96. The zero-order valence-electron chi connectivity index (χ0n) is 14.3. The molecule has 8 heteroatoms. The number of rotatable bonds is 6. The molecule has 2 aromatic rings. The van der Waals surface area contributed by atoms with Gasteiger partial charge in [-0.15, -0.1) is 23.7 Å². The summed E-state index contributed by atoms with van der Waals surface area (Å²) in [5, 5.41) is 3.23. The van der Waals surface area contributed by atoms with Crippen molar-refractivity contribution >= 4 is 40.8 Å². The van der Waals surface area contributed by atoms with Crippen LogP contribution >= 0.6 is 23.7 Å². The molecule has 1 heterocycles. The summed E-state index contributed by atoms with van der Waals surface area (Å²) in [6.45, 7) is 3.55. The Bertz CT molecular complexity index is 719. The molecule has 0 aliphatic carbocycles. The van der Waals surface area contributed by atoms with Gasteiger partial charge in [-0.1, -0.05) is 37.3 Å². The van der Waals surface area contributed by atoms with Gasteiger partial charge in [0, 0.05) is 16.5 Å². The molecule has 0 aliphatic rings. The SMILES string of the molecule is COC(=O)Cc1sc(NC(=O)C(C)C(C)N)nc1-c1ccccc1.Cl. The van der Waals surface area contributed by atoms with Gasteiger partial charge in [0.15, 0.2) is 5.13 Å². The number of hydrogen-bond donors (Lipinski definition) is 2. The molecule has 0 saturated carbocycles. The lowest BCUT2D eigenvalue weighted by atomic mass is 10.0. The molecule has 25 heavy (non-hydrogen) atoms. The number of esters is 1. The van der Waals surface area contributed by atoms with Crippen molar-refractivity contribution in [1.82, 2.24) is 4.98 Å². The molecule has 0 bridgehead atoms. The summed E-state index contributed by atoms with van der Waals surface area (Å²) in [5.41, 5.74) is 7.32. The number of halogens is 1. The third-order valence-corrected chi connectivity index (χ3v) is 4.68. The number of ether oxygens (including phenoxy) is 1. The molecule has 0 aliphatic heterocycles. The number of hydrogen-bond acceptors (Lipinski definition) is 6. The van der Waals surface area contributed by atoms with Crippen LogP contribution in [0.1, 0.15) is 18.7 Å². The van der Waals surface area contributed by atoms with Gasteiger partial charge in [-0.2, -0.15) is 0 Å². The maximum absolute atomic E-state index is 12.2. The molecule has 0 saturated heterocycles. The van der Waals surface area contributed by atoms with Crippen LogP contribution in [0.2, 0.25) is 0 Å². The van der Waals surface area contributed by atoms with Gasteiger partial charge in [-0.25, -0.2) is 4.98 Å². The predicted molar refractivity (Wildman–Crippen MR) is 102 cm³/mol. The van der Waals surface area contributed by atoms with E-state index in [9.17, 15) is 9.59 Å². The highest BCUT2D eigenvalue weighted by Crippen LogP contribution is 2.32. The maximum atomic E-state index is 12.2. The number of anilines is 1. The van der Waals surface area contributed by atoms with Crippen molar-refractivity contribution in [3.05, 3.63) is 35.2 Å². The first-order valence-electron chi connectivity index (χ1n) is 7.60. The van der Waals surface area contributed by atoms with Gasteiger partial charge in [0.05, 0.1) is 25.1 Å². The number of nitrogens with two attached hydrogens (primary N) is 1.